The number of hydrogen-bond acceptors (Lipinski definition) is 5. The van der Waals surface area contributed by atoms with Crippen molar-refractivity contribution in [2.45, 2.75) is 30.8 Å². The van der Waals surface area contributed by atoms with Crippen LogP contribution >= 0.6 is 0 Å². The Kier molecular flexibility index (Phi) is 2.30. The standard InChI is InChI=1S/C17H17NO4/c1-20-15-10-8-18-6-5-17(13(18)3-2-4-14(17)19)11(10)7-12-16(15)22-9-21-12/h2,4,7,13H,3,5-6,8-9H2,1H3. The maximum atomic E-state index is 12.8. The van der Waals surface area contributed by atoms with Crippen molar-refractivity contribution in [2.24, 2.45) is 0 Å². The molecule has 5 nitrogen and oxygen atoms in total. The van der Waals surface area contributed by atoms with E-state index in [-0.39, 0.29) is 18.6 Å². The number of allylic oxidation sites excluding steroid dienone is 1. The first kappa shape index (κ1) is 12.5. The Morgan fingerprint density at radius 2 is 2.32 bits per heavy atom. The number of ether oxygens (including phenoxy) is 3. The van der Waals surface area contributed by atoms with Crippen molar-refractivity contribution >= 4 is 5.78 Å². The Balaban J connectivity index is 1.82. The zero-order chi connectivity index (χ0) is 14.9. The van der Waals surface area contributed by atoms with Gasteiger partial charge in [0.05, 0.1) is 12.5 Å². The summed E-state index contributed by atoms with van der Waals surface area (Å²) in [6.07, 6.45) is 5.57. The molecule has 5 rings (SSSR count). The van der Waals surface area contributed by atoms with E-state index in [4.69, 9.17) is 14.2 Å². The summed E-state index contributed by atoms with van der Waals surface area (Å²) in [6.45, 7) is 1.97. The Bertz CT molecular complexity index is 726. The molecule has 5 heteroatoms. The van der Waals surface area contributed by atoms with Gasteiger partial charge >= 0.3 is 0 Å². The normalized spacial score (nSPS) is 33.6. The van der Waals surface area contributed by atoms with Crippen LogP contribution in [0.2, 0.25) is 0 Å². The predicted octanol–water partition coefficient (Wildman–Crippen LogP) is 1.78. The fourth-order valence-corrected chi connectivity index (χ4v) is 4.71. The second-order valence-electron chi connectivity index (χ2n) is 6.38. The SMILES string of the molecule is COc1c2c(cc3c1OCO3)C13CCN(C2)C1CC=CC3=O. The van der Waals surface area contributed by atoms with Crippen LogP contribution in [0.15, 0.2) is 18.2 Å². The highest BCUT2D eigenvalue weighted by atomic mass is 16.7. The quantitative estimate of drug-likeness (QED) is 0.791. The van der Waals surface area contributed by atoms with Crippen LogP contribution in [0.1, 0.15) is 24.0 Å². The minimum atomic E-state index is -0.434. The maximum Gasteiger partial charge on any atom is 0.231 e. The smallest absolute Gasteiger partial charge is 0.231 e. The van der Waals surface area contributed by atoms with Crippen LogP contribution < -0.4 is 14.2 Å². The van der Waals surface area contributed by atoms with Gasteiger partial charge < -0.3 is 14.2 Å². The number of benzene rings is 1. The highest BCUT2D eigenvalue weighted by molar-refractivity contribution is 6.02. The number of rotatable bonds is 1. The Labute approximate surface area is 128 Å². The molecular formula is C17H17NO4. The molecule has 1 aromatic carbocycles. The molecule has 3 unspecified atom stereocenters. The van der Waals surface area contributed by atoms with Crippen molar-refractivity contribution in [1.29, 1.82) is 0 Å². The molecule has 3 aliphatic heterocycles. The lowest BCUT2D eigenvalue weighted by Crippen LogP contribution is -2.52. The summed E-state index contributed by atoms with van der Waals surface area (Å²) < 4.78 is 16.8. The second-order valence-corrected chi connectivity index (χ2v) is 6.38. The highest BCUT2D eigenvalue weighted by Gasteiger charge is 2.58. The summed E-state index contributed by atoms with van der Waals surface area (Å²) in [5.74, 6) is 2.33. The average Bonchev–Trinajstić information content (AvgIpc) is 3.09. The van der Waals surface area contributed by atoms with Crippen molar-refractivity contribution < 1.29 is 19.0 Å². The first-order valence-corrected chi connectivity index (χ1v) is 7.70. The summed E-state index contributed by atoms with van der Waals surface area (Å²) >= 11 is 0. The van der Waals surface area contributed by atoms with E-state index in [1.54, 1.807) is 13.2 Å². The van der Waals surface area contributed by atoms with Crippen LogP contribution in [0.3, 0.4) is 0 Å². The molecule has 1 aromatic rings. The van der Waals surface area contributed by atoms with E-state index in [1.807, 2.05) is 12.1 Å². The third-order valence-corrected chi connectivity index (χ3v) is 5.64. The Hall–Kier alpha value is -2.01. The zero-order valence-electron chi connectivity index (χ0n) is 12.4. The van der Waals surface area contributed by atoms with E-state index in [9.17, 15) is 4.79 Å². The van der Waals surface area contributed by atoms with E-state index in [0.717, 1.165) is 42.8 Å². The van der Waals surface area contributed by atoms with Gasteiger partial charge in [-0.3, -0.25) is 9.69 Å². The van der Waals surface area contributed by atoms with Gasteiger partial charge in [-0.15, -0.1) is 0 Å². The van der Waals surface area contributed by atoms with Gasteiger partial charge in [0.25, 0.3) is 0 Å². The van der Waals surface area contributed by atoms with Crippen LogP contribution in [0.25, 0.3) is 0 Å². The molecule has 3 atom stereocenters. The molecule has 1 aliphatic carbocycles. The fraction of sp³-hybridized carbons (Fsp3) is 0.471. The number of carbonyl (C=O) groups excluding carboxylic acids is 1. The van der Waals surface area contributed by atoms with Gasteiger partial charge in [-0.1, -0.05) is 6.08 Å². The van der Waals surface area contributed by atoms with Gasteiger partial charge in [0, 0.05) is 24.7 Å². The predicted molar refractivity (Wildman–Crippen MR) is 78.4 cm³/mol. The highest BCUT2D eigenvalue weighted by Crippen LogP contribution is 2.56. The van der Waals surface area contributed by atoms with Gasteiger partial charge in [0.2, 0.25) is 12.5 Å². The molecular weight excluding hydrogens is 282 g/mol. The number of carbonyl (C=O) groups is 1. The summed E-state index contributed by atoms with van der Waals surface area (Å²) in [4.78, 5) is 15.3. The molecule has 0 N–H and O–H groups in total. The summed E-state index contributed by atoms with van der Waals surface area (Å²) in [5.41, 5.74) is 1.74. The Morgan fingerprint density at radius 1 is 1.41 bits per heavy atom. The third-order valence-electron chi connectivity index (χ3n) is 5.64. The van der Waals surface area contributed by atoms with E-state index in [0.29, 0.717) is 11.5 Å². The lowest BCUT2D eigenvalue weighted by molar-refractivity contribution is -0.121. The van der Waals surface area contributed by atoms with Gasteiger partial charge in [0.1, 0.15) is 0 Å². The molecule has 114 valence electrons. The number of nitrogens with zero attached hydrogens (tertiary/aromatic N) is 1. The summed E-state index contributed by atoms with van der Waals surface area (Å²) in [7, 11) is 1.65. The molecule has 1 saturated heterocycles. The van der Waals surface area contributed by atoms with Gasteiger partial charge in [-0.2, -0.15) is 0 Å². The Morgan fingerprint density at radius 3 is 3.18 bits per heavy atom. The maximum absolute atomic E-state index is 12.8. The van der Waals surface area contributed by atoms with Crippen molar-refractivity contribution in [1.82, 2.24) is 4.90 Å². The van der Waals surface area contributed by atoms with Crippen molar-refractivity contribution in [3.63, 3.8) is 0 Å². The van der Waals surface area contributed by atoms with Crippen LogP contribution in [-0.2, 0) is 16.8 Å². The summed E-state index contributed by atoms with van der Waals surface area (Å²) in [5, 5.41) is 0. The topological polar surface area (TPSA) is 48.0 Å². The first-order chi connectivity index (χ1) is 10.8. The van der Waals surface area contributed by atoms with Gasteiger partial charge in [-0.05, 0) is 30.5 Å². The van der Waals surface area contributed by atoms with E-state index in [2.05, 4.69) is 4.90 Å². The fourth-order valence-electron chi connectivity index (χ4n) is 4.71. The molecule has 1 fully saturated rings. The number of methoxy groups -OCH3 is 1. The van der Waals surface area contributed by atoms with Crippen molar-refractivity contribution in [2.75, 3.05) is 20.4 Å². The van der Waals surface area contributed by atoms with Crippen LogP contribution in [0, 0.1) is 0 Å². The van der Waals surface area contributed by atoms with Gasteiger partial charge in [0.15, 0.2) is 17.3 Å². The molecule has 4 aliphatic rings. The summed E-state index contributed by atoms with van der Waals surface area (Å²) in [6, 6.07) is 2.29. The molecule has 0 spiro atoms. The molecule has 0 amide bonds. The third kappa shape index (κ3) is 1.27. The molecule has 0 saturated carbocycles. The molecule has 22 heavy (non-hydrogen) atoms. The number of fused-ring (bicyclic) bond motifs is 2. The molecule has 0 aromatic heterocycles. The van der Waals surface area contributed by atoms with Crippen molar-refractivity contribution in [3.8, 4) is 17.2 Å². The van der Waals surface area contributed by atoms with E-state index < -0.39 is 5.41 Å². The first-order valence-electron chi connectivity index (χ1n) is 7.70. The lowest BCUT2D eigenvalue weighted by atomic mass is 9.64. The lowest BCUT2D eigenvalue weighted by Gasteiger charge is -2.44. The minimum Gasteiger partial charge on any atom is -0.492 e. The van der Waals surface area contributed by atoms with Crippen molar-refractivity contribution in [3.05, 3.63) is 29.3 Å². The molecule has 2 bridgehead atoms. The van der Waals surface area contributed by atoms with Crippen LogP contribution in [0.4, 0.5) is 0 Å². The second kappa shape index (κ2) is 4.04. The van der Waals surface area contributed by atoms with E-state index in [1.165, 1.54) is 0 Å². The molecule has 0 radical (unpaired) electrons. The molecule has 3 heterocycles. The number of ketones is 1. The van der Waals surface area contributed by atoms with E-state index >= 15 is 0 Å². The average molecular weight is 299 g/mol. The monoisotopic (exact) mass is 299 g/mol. The zero-order valence-corrected chi connectivity index (χ0v) is 12.4. The number of hydrogen-bond donors (Lipinski definition) is 0. The largest absolute Gasteiger partial charge is 0.492 e. The van der Waals surface area contributed by atoms with Crippen LogP contribution in [-0.4, -0.2) is 37.2 Å². The minimum absolute atomic E-state index is 0.211. The van der Waals surface area contributed by atoms with Crippen LogP contribution in [0.5, 0.6) is 17.2 Å². The van der Waals surface area contributed by atoms with Gasteiger partial charge in [-0.25, -0.2) is 0 Å².